The number of carbonyl (C=O) groups is 2. The van der Waals surface area contributed by atoms with Crippen molar-refractivity contribution in [2.75, 3.05) is 11.9 Å². The van der Waals surface area contributed by atoms with Crippen molar-refractivity contribution in [2.24, 2.45) is 5.41 Å². The molecule has 0 bridgehead atoms. The predicted octanol–water partition coefficient (Wildman–Crippen LogP) is 1.88. The number of imide groups is 1. The summed E-state index contributed by atoms with van der Waals surface area (Å²) in [5.74, 6) is -0.107. The first kappa shape index (κ1) is 11.9. The third kappa shape index (κ3) is 1.75. The standard InChI is InChI=1S/C11H17BrN2O2/c1-10(2)8(15)14(9(16)13-10)7-11(6-12)4-3-5-11/h3-7H2,1-2H3,(H,13,16). The zero-order chi connectivity index (χ0) is 12.0. The molecule has 0 radical (unpaired) electrons. The molecule has 1 aliphatic heterocycles. The quantitative estimate of drug-likeness (QED) is 0.637. The molecule has 2 fully saturated rings. The summed E-state index contributed by atoms with van der Waals surface area (Å²) < 4.78 is 0. The van der Waals surface area contributed by atoms with Crippen molar-refractivity contribution in [3.8, 4) is 0 Å². The van der Waals surface area contributed by atoms with Crippen molar-refractivity contribution in [1.82, 2.24) is 10.2 Å². The van der Waals surface area contributed by atoms with Crippen LogP contribution in [0, 0.1) is 5.41 Å². The highest BCUT2D eigenvalue weighted by Gasteiger charge is 2.48. The van der Waals surface area contributed by atoms with E-state index in [4.69, 9.17) is 0 Å². The number of rotatable bonds is 3. The molecule has 2 aliphatic rings. The molecule has 3 amide bonds. The zero-order valence-corrected chi connectivity index (χ0v) is 11.3. The van der Waals surface area contributed by atoms with Crippen LogP contribution in [0.25, 0.3) is 0 Å². The summed E-state index contributed by atoms with van der Waals surface area (Å²) >= 11 is 3.49. The van der Waals surface area contributed by atoms with Gasteiger partial charge in [0.15, 0.2) is 0 Å². The highest BCUT2D eigenvalue weighted by molar-refractivity contribution is 9.09. The van der Waals surface area contributed by atoms with E-state index in [0.717, 1.165) is 18.2 Å². The van der Waals surface area contributed by atoms with Crippen LogP contribution in [0.4, 0.5) is 4.79 Å². The highest BCUT2D eigenvalue weighted by atomic mass is 79.9. The fourth-order valence-electron chi connectivity index (χ4n) is 2.31. The molecule has 0 atom stereocenters. The average molecular weight is 289 g/mol. The van der Waals surface area contributed by atoms with E-state index in [2.05, 4.69) is 21.2 Å². The lowest BCUT2D eigenvalue weighted by Gasteiger charge is -2.42. The largest absolute Gasteiger partial charge is 0.325 e. The number of alkyl halides is 1. The molecule has 0 aromatic carbocycles. The fourth-order valence-corrected chi connectivity index (χ4v) is 3.05. The van der Waals surface area contributed by atoms with Gasteiger partial charge in [-0.3, -0.25) is 9.69 Å². The van der Waals surface area contributed by atoms with Gasteiger partial charge >= 0.3 is 6.03 Å². The lowest BCUT2D eigenvalue weighted by Crippen LogP contribution is -2.47. The maximum Gasteiger partial charge on any atom is 0.325 e. The molecule has 16 heavy (non-hydrogen) atoms. The molecule has 0 aromatic rings. The van der Waals surface area contributed by atoms with Gasteiger partial charge in [-0.05, 0) is 32.1 Å². The van der Waals surface area contributed by atoms with Crippen molar-refractivity contribution in [3.05, 3.63) is 0 Å². The van der Waals surface area contributed by atoms with Gasteiger partial charge in [0.25, 0.3) is 5.91 Å². The van der Waals surface area contributed by atoms with Gasteiger partial charge < -0.3 is 5.32 Å². The van der Waals surface area contributed by atoms with Gasteiger partial charge in [-0.15, -0.1) is 0 Å². The molecule has 4 nitrogen and oxygen atoms in total. The summed E-state index contributed by atoms with van der Waals surface area (Å²) in [7, 11) is 0. The number of hydrogen-bond donors (Lipinski definition) is 1. The fraction of sp³-hybridized carbons (Fsp3) is 0.818. The molecule has 1 saturated carbocycles. The minimum atomic E-state index is -0.742. The van der Waals surface area contributed by atoms with Crippen LogP contribution in [0.1, 0.15) is 33.1 Å². The van der Waals surface area contributed by atoms with Crippen molar-refractivity contribution in [3.63, 3.8) is 0 Å². The number of nitrogens with zero attached hydrogens (tertiary/aromatic N) is 1. The molecule has 0 unspecified atom stereocenters. The second-order valence-electron chi connectivity index (χ2n) is 5.43. The summed E-state index contributed by atoms with van der Waals surface area (Å²) in [4.78, 5) is 25.1. The molecule has 1 N–H and O–H groups in total. The lowest BCUT2D eigenvalue weighted by molar-refractivity contribution is -0.131. The van der Waals surface area contributed by atoms with E-state index in [-0.39, 0.29) is 17.4 Å². The maximum absolute atomic E-state index is 12.0. The van der Waals surface area contributed by atoms with Gasteiger partial charge in [-0.1, -0.05) is 22.4 Å². The zero-order valence-electron chi connectivity index (χ0n) is 9.68. The van der Waals surface area contributed by atoms with Crippen LogP contribution in [0.2, 0.25) is 0 Å². The second kappa shape index (κ2) is 3.72. The smallest absolute Gasteiger partial charge is 0.324 e. The Morgan fingerprint density at radius 2 is 2.00 bits per heavy atom. The third-order valence-electron chi connectivity index (χ3n) is 3.64. The van der Waals surface area contributed by atoms with E-state index in [1.165, 1.54) is 11.3 Å². The van der Waals surface area contributed by atoms with Gasteiger partial charge in [0.05, 0.1) is 0 Å². The SMILES string of the molecule is CC1(C)NC(=O)N(CC2(CBr)CCC2)C1=O. The molecule has 1 saturated heterocycles. The Morgan fingerprint density at radius 3 is 2.31 bits per heavy atom. The molecular formula is C11H17BrN2O2. The highest BCUT2D eigenvalue weighted by Crippen LogP contribution is 2.43. The van der Waals surface area contributed by atoms with Crippen molar-refractivity contribution in [2.45, 2.75) is 38.6 Å². The van der Waals surface area contributed by atoms with Gasteiger partial charge in [0.1, 0.15) is 5.54 Å². The van der Waals surface area contributed by atoms with Crippen molar-refractivity contribution >= 4 is 27.9 Å². The number of urea groups is 1. The molecular weight excluding hydrogens is 272 g/mol. The molecule has 2 rings (SSSR count). The molecule has 1 aliphatic carbocycles. The first-order valence-corrected chi connectivity index (χ1v) is 6.72. The van der Waals surface area contributed by atoms with Crippen LogP contribution in [0.3, 0.4) is 0 Å². The van der Waals surface area contributed by atoms with Gasteiger partial charge in [-0.25, -0.2) is 4.79 Å². The van der Waals surface area contributed by atoms with Gasteiger partial charge in [0.2, 0.25) is 0 Å². The average Bonchev–Trinajstić information content (AvgIpc) is 2.32. The second-order valence-corrected chi connectivity index (χ2v) is 5.99. The van der Waals surface area contributed by atoms with Crippen LogP contribution < -0.4 is 5.32 Å². The maximum atomic E-state index is 12.0. The first-order valence-electron chi connectivity index (χ1n) is 5.60. The predicted molar refractivity (Wildman–Crippen MR) is 64.4 cm³/mol. The van der Waals surface area contributed by atoms with E-state index < -0.39 is 5.54 Å². The summed E-state index contributed by atoms with van der Waals surface area (Å²) in [5.41, 5.74) is -0.623. The Balaban J connectivity index is 2.11. The Morgan fingerprint density at radius 1 is 1.38 bits per heavy atom. The number of hydrogen-bond acceptors (Lipinski definition) is 2. The molecule has 5 heteroatoms. The molecule has 0 aromatic heterocycles. The molecule has 90 valence electrons. The number of amides is 3. The topological polar surface area (TPSA) is 49.4 Å². The van der Waals surface area contributed by atoms with Crippen molar-refractivity contribution in [1.29, 1.82) is 0 Å². The van der Waals surface area contributed by atoms with Crippen LogP contribution in [0.15, 0.2) is 0 Å². The summed E-state index contributed by atoms with van der Waals surface area (Å²) in [6.45, 7) is 4.04. The minimum absolute atomic E-state index is 0.107. The van der Waals surface area contributed by atoms with Crippen LogP contribution in [0.5, 0.6) is 0 Å². The van der Waals surface area contributed by atoms with Crippen LogP contribution in [-0.2, 0) is 4.79 Å². The lowest BCUT2D eigenvalue weighted by atomic mass is 9.70. The molecule has 0 spiro atoms. The van der Waals surface area contributed by atoms with Crippen LogP contribution >= 0.6 is 15.9 Å². The Bertz CT molecular complexity index is 331. The number of carbonyl (C=O) groups excluding carboxylic acids is 2. The van der Waals surface area contributed by atoms with E-state index in [1.807, 2.05) is 0 Å². The summed E-state index contributed by atoms with van der Waals surface area (Å²) in [6, 6.07) is -0.248. The van der Waals surface area contributed by atoms with E-state index in [9.17, 15) is 9.59 Å². The van der Waals surface area contributed by atoms with E-state index in [1.54, 1.807) is 13.8 Å². The van der Waals surface area contributed by atoms with E-state index in [0.29, 0.717) is 6.54 Å². The Labute approximate surface area is 104 Å². The third-order valence-corrected chi connectivity index (χ3v) is 4.83. The van der Waals surface area contributed by atoms with Gasteiger partial charge in [-0.2, -0.15) is 0 Å². The Kier molecular flexibility index (Phi) is 2.77. The summed E-state index contributed by atoms with van der Waals surface area (Å²) in [5, 5.41) is 3.57. The first-order chi connectivity index (χ1) is 7.40. The monoisotopic (exact) mass is 288 g/mol. The van der Waals surface area contributed by atoms with Crippen molar-refractivity contribution < 1.29 is 9.59 Å². The molecule has 1 heterocycles. The summed E-state index contributed by atoms with van der Waals surface area (Å²) in [6.07, 6.45) is 3.38. The van der Waals surface area contributed by atoms with Gasteiger partial charge in [0, 0.05) is 11.9 Å². The normalized spacial score (nSPS) is 26.6. The number of halogens is 1. The minimum Gasteiger partial charge on any atom is -0.324 e. The number of nitrogens with one attached hydrogen (secondary N) is 1. The van der Waals surface area contributed by atoms with Crippen LogP contribution in [-0.4, -0.2) is 34.3 Å². The van der Waals surface area contributed by atoms with E-state index >= 15 is 0 Å². The Hall–Kier alpha value is -0.580.